The summed E-state index contributed by atoms with van der Waals surface area (Å²) >= 11 is 0. The zero-order valence-electron chi connectivity index (χ0n) is 14.1. The third-order valence-electron chi connectivity index (χ3n) is 3.94. The van der Waals surface area contributed by atoms with E-state index >= 15 is 0 Å². The molecule has 0 aromatic rings. The standard InChI is InChI=1S/C19H36O/c1-4-5-6-7-8-9-10-11-12-13-15-18(2)16-14-17-19(3)20/h11-12,18H,4-10,13-17H2,1-3H3/b12-11+/t18-/m1/s1. The topological polar surface area (TPSA) is 17.1 Å². The zero-order valence-corrected chi connectivity index (χ0v) is 14.1. The van der Waals surface area contributed by atoms with Crippen LogP contribution in [0.3, 0.4) is 0 Å². The van der Waals surface area contributed by atoms with E-state index in [1.54, 1.807) is 6.92 Å². The van der Waals surface area contributed by atoms with Gasteiger partial charge in [-0.3, -0.25) is 0 Å². The Morgan fingerprint density at radius 3 is 2.25 bits per heavy atom. The molecule has 1 heteroatoms. The Labute approximate surface area is 127 Å². The van der Waals surface area contributed by atoms with Crippen LogP contribution in [0.2, 0.25) is 0 Å². The predicted molar refractivity (Wildman–Crippen MR) is 90.1 cm³/mol. The summed E-state index contributed by atoms with van der Waals surface area (Å²) in [6, 6.07) is 0. The highest BCUT2D eigenvalue weighted by atomic mass is 16.1. The monoisotopic (exact) mass is 280 g/mol. The van der Waals surface area contributed by atoms with E-state index in [9.17, 15) is 4.79 Å². The van der Waals surface area contributed by atoms with Crippen molar-refractivity contribution in [2.75, 3.05) is 0 Å². The molecule has 1 atom stereocenters. The van der Waals surface area contributed by atoms with Crippen LogP contribution >= 0.6 is 0 Å². The minimum absolute atomic E-state index is 0.330. The minimum atomic E-state index is 0.330. The lowest BCUT2D eigenvalue weighted by Crippen LogP contribution is -1.96. The van der Waals surface area contributed by atoms with Gasteiger partial charge in [-0.25, -0.2) is 0 Å². The average molecular weight is 280 g/mol. The van der Waals surface area contributed by atoms with Gasteiger partial charge in [-0.15, -0.1) is 0 Å². The first-order chi connectivity index (χ1) is 9.66. The van der Waals surface area contributed by atoms with Crippen LogP contribution in [0.5, 0.6) is 0 Å². The number of hydrogen-bond donors (Lipinski definition) is 0. The van der Waals surface area contributed by atoms with E-state index in [1.165, 1.54) is 64.2 Å². The second kappa shape index (κ2) is 14.8. The number of unbranched alkanes of at least 4 members (excludes halogenated alkanes) is 6. The Balaban J connectivity index is 3.27. The molecule has 0 amide bonds. The number of Topliss-reactive ketones (excluding diaryl/α,β-unsaturated/α-hetero) is 1. The van der Waals surface area contributed by atoms with Crippen LogP contribution in [0.25, 0.3) is 0 Å². The highest BCUT2D eigenvalue weighted by Crippen LogP contribution is 2.15. The van der Waals surface area contributed by atoms with Crippen molar-refractivity contribution in [3.05, 3.63) is 12.2 Å². The third kappa shape index (κ3) is 15.5. The van der Waals surface area contributed by atoms with E-state index in [4.69, 9.17) is 0 Å². The van der Waals surface area contributed by atoms with Gasteiger partial charge < -0.3 is 4.79 Å². The number of carbonyl (C=O) groups excluding carboxylic acids is 1. The van der Waals surface area contributed by atoms with Crippen molar-refractivity contribution >= 4 is 5.78 Å². The van der Waals surface area contributed by atoms with Crippen LogP contribution in [-0.2, 0) is 4.79 Å². The van der Waals surface area contributed by atoms with Crippen LogP contribution in [-0.4, -0.2) is 5.78 Å². The highest BCUT2D eigenvalue weighted by molar-refractivity contribution is 5.75. The third-order valence-corrected chi connectivity index (χ3v) is 3.94. The van der Waals surface area contributed by atoms with Gasteiger partial charge in [0.2, 0.25) is 0 Å². The molecule has 0 heterocycles. The molecule has 0 N–H and O–H groups in total. The number of carbonyl (C=O) groups is 1. The molecular formula is C19H36O. The van der Waals surface area contributed by atoms with Crippen LogP contribution in [0.15, 0.2) is 12.2 Å². The van der Waals surface area contributed by atoms with Crippen molar-refractivity contribution < 1.29 is 4.79 Å². The lowest BCUT2D eigenvalue weighted by atomic mass is 9.98. The molecule has 118 valence electrons. The molecule has 1 nitrogen and oxygen atoms in total. The van der Waals surface area contributed by atoms with Crippen LogP contribution in [0, 0.1) is 5.92 Å². The summed E-state index contributed by atoms with van der Waals surface area (Å²) in [7, 11) is 0. The maximum atomic E-state index is 10.9. The Hall–Kier alpha value is -0.590. The van der Waals surface area contributed by atoms with E-state index < -0.39 is 0 Å². The molecule has 20 heavy (non-hydrogen) atoms. The second-order valence-electron chi connectivity index (χ2n) is 6.30. The van der Waals surface area contributed by atoms with Gasteiger partial charge in [0.1, 0.15) is 5.78 Å². The number of ketones is 1. The molecule has 0 saturated carbocycles. The first-order valence-electron chi connectivity index (χ1n) is 8.81. The first-order valence-corrected chi connectivity index (χ1v) is 8.81. The van der Waals surface area contributed by atoms with Crippen molar-refractivity contribution in [2.45, 2.75) is 97.8 Å². The van der Waals surface area contributed by atoms with Crippen molar-refractivity contribution in [2.24, 2.45) is 5.92 Å². The largest absolute Gasteiger partial charge is 0.300 e. The molecule has 0 aliphatic carbocycles. The highest BCUT2D eigenvalue weighted by Gasteiger charge is 2.01. The summed E-state index contributed by atoms with van der Waals surface area (Å²) in [5, 5.41) is 0. The first kappa shape index (κ1) is 19.4. The van der Waals surface area contributed by atoms with Crippen molar-refractivity contribution in [1.29, 1.82) is 0 Å². The lowest BCUT2D eigenvalue weighted by molar-refractivity contribution is -0.117. The average Bonchev–Trinajstić information content (AvgIpc) is 2.40. The fourth-order valence-corrected chi connectivity index (χ4v) is 2.50. The predicted octanol–water partition coefficient (Wildman–Crippen LogP) is 6.47. The van der Waals surface area contributed by atoms with E-state index in [0.29, 0.717) is 5.78 Å². The summed E-state index contributed by atoms with van der Waals surface area (Å²) in [4.78, 5) is 10.9. The smallest absolute Gasteiger partial charge is 0.129 e. The van der Waals surface area contributed by atoms with Crippen molar-refractivity contribution in [3.8, 4) is 0 Å². The summed E-state index contributed by atoms with van der Waals surface area (Å²) in [6.45, 7) is 6.27. The molecule has 0 bridgehead atoms. The van der Waals surface area contributed by atoms with E-state index in [-0.39, 0.29) is 0 Å². The summed E-state index contributed by atoms with van der Waals surface area (Å²) < 4.78 is 0. The fourth-order valence-electron chi connectivity index (χ4n) is 2.50. The number of hydrogen-bond acceptors (Lipinski definition) is 1. The quantitative estimate of drug-likeness (QED) is 0.263. The Bertz CT molecular complexity index is 242. The molecule has 0 aromatic heterocycles. The molecule has 0 aliphatic heterocycles. The Kier molecular flexibility index (Phi) is 14.4. The second-order valence-corrected chi connectivity index (χ2v) is 6.30. The molecule has 0 aliphatic rings. The van der Waals surface area contributed by atoms with Gasteiger partial charge in [0, 0.05) is 6.42 Å². The van der Waals surface area contributed by atoms with Crippen LogP contribution in [0.1, 0.15) is 97.8 Å². The van der Waals surface area contributed by atoms with Gasteiger partial charge >= 0.3 is 0 Å². The van der Waals surface area contributed by atoms with Gasteiger partial charge in [0.25, 0.3) is 0 Å². The number of allylic oxidation sites excluding steroid dienone is 2. The molecule has 0 unspecified atom stereocenters. The molecule has 0 aromatic carbocycles. The maximum Gasteiger partial charge on any atom is 0.129 e. The fraction of sp³-hybridized carbons (Fsp3) is 0.842. The van der Waals surface area contributed by atoms with Gasteiger partial charge in [-0.2, -0.15) is 0 Å². The summed E-state index contributed by atoms with van der Waals surface area (Å²) in [6.07, 6.45) is 19.8. The SMILES string of the molecule is CCCCCCCC/C=C/CC[C@@H](C)CCCC(C)=O. The zero-order chi connectivity index (χ0) is 15.1. The normalized spacial score (nSPS) is 12.9. The molecular weight excluding hydrogens is 244 g/mol. The molecule has 0 spiro atoms. The van der Waals surface area contributed by atoms with Gasteiger partial charge in [0.15, 0.2) is 0 Å². The van der Waals surface area contributed by atoms with Crippen molar-refractivity contribution in [1.82, 2.24) is 0 Å². The molecule has 0 fully saturated rings. The molecule has 0 saturated heterocycles. The molecule has 0 radical (unpaired) electrons. The maximum absolute atomic E-state index is 10.9. The molecule has 0 rings (SSSR count). The summed E-state index contributed by atoms with van der Waals surface area (Å²) in [5.41, 5.74) is 0. The Morgan fingerprint density at radius 2 is 1.55 bits per heavy atom. The van der Waals surface area contributed by atoms with Gasteiger partial charge in [-0.1, -0.05) is 64.5 Å². The summed E-state index contributed by atoms with van der Waals surface area (Å²) in [5.74, 6) is 1.09. The van der Waals surface area contributed by atoms with E-state index in [2.05, 4.69) is 26.0 Å². The number of rotatable bonds is 14. The lowest BCUT2D eigenvalue weighted by Gasteiger charge is -2.08. The van der Waals surface area contributed by atoms with Crippen molar-refractivity contribution in [3.63, 3.8) is 0 Å². The van der Waals surface area contributed by atoms with Crippen LogP contribution < -0.4 is 0 Å². The van der Waals surface area contributed by atoms with Gasteiger partial charge in [-0.05, 0) is 44.9 Å². The van der Waals surface area contributed by atoms with Gasteiger partial charge in [0.05, 0.1) is 0 Å². The van der Waals surface area contributed by atoms with E-state index in [1.807, 2.05) is 0 Å². The Morgan fingerprint density at radius 1 is 0.900 bits per heavy atom. The van der Waals surface area contributed by atoms with E-state index in [0.717, 1.165) is 18.8 Å². The minimum Gasteiger partial charge on any atom is -0.300 e. The van der Waals surface area contributed by atoms with Crippen LogP contribution in [0.4, 0.5) is 0 Å².